The molecule has 1 atom stereocenters. The van der Waals surface area contributed by atoms with Gasteiger partial charge in [0.2, 0.25) is 10.0 Å². The largest absolute Gasteiger partial charge is 0.383 e. The van der Waals surface area contributed by atoms with Crippen LogP contribution in [-0.2, 0) is 14.8 Å². The van der Waals surface area contributed by atoms with E-state index in [1.54, 1.807) is 0 Å². The van der Waals surface area contributed by atoms with Gasteiger partial charge in [-0.2, -0.15) is 0 Å². The van der Waals surface area contributed by atoms with Crippen LogP contribution in [0.3, 0.4) is 0 Å². The predicted octanol–water partition coefficient (Wildman–Crippen LogP) is 1.01. The third kappa shape index (κ3) is 3.57. The molecule has 1 aliphatic rings. The van der Waals surface area contributed by atoms with E-state index in [1.807, 2.05) is 0 Å². The second kappa shape index (κ2) is 6.35. The van der Waals surface area contributed by atoms with Crippen molar-refractivity contribution in [2.45, 2.75) is 23.3 Å². The van der Waals surface area contributed by atoms with Crippen molar-refractivity contribution < 1.29 is 21.9 Å². The topological polar surface area (TPSA) is 67.4 Å². The van der Waals surface area contributed by atoms with Crippen LogP contribution < -0.4 is 10.0 Å². The van der Waals surface area contributed by atoms with Crippen LogP contribution in [-0.4, -0.2) is 40.8 Å². The van der Waals surface area contributed by atoms with Crippen LogP contribution >= 0.6 is 0 Å². The van der Waals surface area contributed by atoms with Crippen molar-refractivity contribution in [1.82, 2.24) is 10.0 Å². The molecule has 118 valence electrons. The lowest BCUT2D eigenvalue weighted by molar-refractivity contribution is 0.122. The Labute approximate surface area is 122 Å². The zero-order valence-electron chi connectivity index (χ0n) is 11.7. The van der Waals surface area contributed by atoms with Gasteiger partial charge in [-0.1, -0.05) is 6.07 Å². The van der Waals surface area contributed by atoms with Crippen molar-refractivity contribution in [2.75, 3.05) is 26.8 Å². The second-order valence-corrected chi connectivity index (χ2v) is 6.86. The van der Waals surface area contributed by atoms with Crippen LogP contribution in [0.2, 0.25) is 0 Å². The molecule has 1 fully saturated rings. The lowest BCUT2D eigenvalue weighted by Gasteiger charge is -2.28. The highest BCUT2D eigenvalue weighted by Crippen LogP contribution is 2.21. The van der Waals surface area contributed by atoms with Gasteiger partial charge in [0.1, 0.15) is 4.90 Å². The number of nitrogens with one attached hydrogen (secondary N) is 2. The molecule has 1 unspecified atom stereocenters. The molecule has 0 radical (unpaired) electrons. The summed E-state index contributed by atoms with van der Waals surface area (Å²) in [4.78, 5) is -0.687. The number of sulfonamides is 1. The van der Waals surface area contributed by atoms with Crippen molar-refractivity contribution in [1.29, 1.82) is 0 Å². The molecular formula is C13H18F2N2O3S. The van der Waals surface area contributed by atoms with E-state index in [9.17, 15) is 17.2 Å². The van der Waals surface area contributed by atoms with E-state index in [-0.39, 0.29) is 6.54 Å². The first-order chi connectivity index (χ1) is 9.90. The third-order valence-corrected chi connectivity index (χ3v) is 4.98. The number of halogens is 2. The molecule has 1 saturated heterocycles. The number of hydrogen-bond donors (Lipinski definition) is 2. The average Bonchev–Trinajstić information content (AvgIpc) is 2.89. The summed E-state index contributed by atoms with van der Waals surface area (Å²) in [6.45, 7) is 1.15. The van der Waals surface area contributed by atoms with E-state index >= 15 is 0 Å². The average molecular weight is 320 g/mol. The molecule has 0 amide bonds. The summed E-state index contributed by atoms with van der Waals surface area (Å²) in [5, 5.41) is 3.20. The third-order valence-electron chi connectivity index (χ3n) is 3.56. The standard InChI is InChI=1S/C13H18F2N2O3S/c1-20-9-13(6-3-7-16-13)8-17-21(18,19)11-5-2-4-10(14)12(11)15/h2,4-5,16-17H,3,6-9H2,1H3. The van der Waals surface area contributed by atoms with Crippen LogP contribution in [0, 0.1) is 11.6 Å². The van der Waals surface area contributed by atoms with Gasteiger partial charge in [0, 0.05) is 13.7 Å². The Morgan fingerprint density at radius 3 is 2.81 bits per heavy atom. The smallest absolute Gasteiger partial charge is 0.243 e. The lowest BCUT2D eigenvalue weighted by Crippen LogP contribution is -2.52. The van der Waals surface area contributed by atoms with Crippen LogP contribution in [0.1, 0.15) is 12.8 Å². The highest BCUT2D eigenvalue weighted by molar-refractivity contribution is 7.89. The van der Waals surface area contributed by atoms with E-state index < -0.39 is 32.1 Å². The molecule has 2 rings (SSSR count). The minimum Gasteiger partial charge on any atom is -0.383 e. The molecule has 21 heavy (non-hydrogen) atoms. The van der Waals surface area contributed by atoms with E-state index in [1.165, 1.54) is 7.11 Å². The first kappa shape index (κ1) is 16.3. The van der Waals surface area contributed by atoms with E-state index in [2.05, 4.69) is 10.0 Å². The number of ether oxygens (including phenoxy) is 1. The molecular weight excluding hydrogens is 302 g/mol. The van der Waals surface area contributed by atoms with E-state index in [0.29, 0.717) is 6.61 Å². The summed E-state index contributed by atoms with van der Waals surface area (Å²) in [6, 6.07) is 3.07. The SMILES string of the molecule is COCC1(CNS(=O)(=O)c2cccc(F)c2F)CCCN1. The maximum Gasteiger partial charge on any atom is 0.243 e. The first-order valence-corrected chi connectivity index (χ1v) is 8.06. The Morgan fingerprint density at radius 1 is 1.43 bits per heavy atom. The number of methoxy groups -OCH3 is 1. The zero-order valence-corrected chi connectivity index (χ0v) is 12.5. The molecule has 1 aromatic carbocycles. The number of rotatable bonds is 6. The fourth-order valence-corrected chi connectivity index (χ4v) is 3.69. The molecule has 5 nitrogen and oxygen atoms in total. The fraction of sp³-hybridized carbons (Fsp3) is 0.538. The van der Waals surface area contributed by atoms with Crippen molar-refractivity contribution >= 4 is 10.0 Å². The molecule has 8 heteroatoms. The lowest BCUT2D eigenvalue weighted by atomic mass is 9.99. The Kier molecular flexibility index (Phi) is 4.92. The maximum absolute atomic E-state index is 13.6. The van der Waals surface area contributed by atoms with Gasteiger partial charge < -0.3 is 10.1 Å². The summed E-state index contributed by atoms with van der Waals surface area (Å²) in [7, 11) is -2.59. The van der Waals surface area contributed by atoms with E-state index in [4.69, 9.17) is 4.74 Å². The summed E-state index contributed by atoms with van der Waals surface area (Å²) < 4.78 is 58.4. The Balaban J connectivity index is 2.16. The quantitative estimate of drug-likeness (QED) is 0.821. The zero-order chi connectivity index (χ0) is 15.5. The van der Waals surface area contributed by atoms with Crippen LogP contribution in [0.5, 0.6) is 0 Å². The van der Waals surface area contributed by atoms with Crippen molar-refractivity contribution in [2.24, 2.45) is 0 Å². The normalized spacial score (nSPS) is 22.6. The molecule has 0 aromatic heterocycles. The number of benzene rings is 1. The molecule has 0 spiro atoms. The summed E-state index contributed by atoms with van der Waals surface area (Å²) in [6.07, 6.45) is 1.65. The minimum atomic E-state index is -4.12. The monoisotopic (exact) mass is 320 g/mol. The number of hydrogen-bond acceptors (Lipinski definition) is 4. The molecule has 1 heterocycles. The highest BCUT2D eigenvalue weighted by atomic mass is 32.2. The van der Waals surface area contributed by atoms with Crippen LogP contribution in [0.25, 0.3) is 0 Å². The van der Waals surface area contributed by atoms with Gasteiger partial charge in [0.25, 0.3) is 0 Å². The fourth-order valence-electron chi connectivity index (χ4n) is 2.47. The van der Waals surface area contributed by atoms with Gasteiger partial charge in [0.05, 0.1) is 12.1 Å². The molecule has 0 saturated carbocycles. The molecule has 1 aliphatic heterocycles. The van der Waals surface area contributed by atoms with Gasteiger partial charge in [-0.05, 0) is 31.5 Å². The van der Waals surface area contributed by atoms with Gasteiger partial charge in [-0.3, -0.25) is 0 Å². The molecule has 0 bridgehead atoms. The molecule has 1 aromatic rings. The van der Waals surface area contributed by atoms with Crippen molar-refractivity contribution in [3.05, 3.63) is 29.8 Å². The summed E-state index contributed by atoms with van der Waals surface area (Å²) in [5.74, 6) is -2.56. The Bertz CT molecular complexity index is 601. The maximum atomic E-state index is 13.6. The minimum absolute atomic E-state index is 0.0547. The molecule has 2 N–H and O–H groups in total. The Morgan fingerprint density at radius 2 is 2.19 bits per heavy atom. The molecule has 0 aliphatic carbocycles. The van der Waals surface area contributed by atoms with Crippen molar-refractivity contribution in [3.63, 3.8) is 0 Å². The summed E-state index contributed by atoms with van der Waals surface area (Å²) in [5.41, 5.74) is -0.508. The first-order valence-electron chi connectivity index (χ1n) is 6.58. The van der Waals surface area contributed by atoms with Gasteiger partial charge in [-0.15, -0.1) is 0 Å². The van der Waals surface area contributed by atoms with Crippen LogP contribution in [0.15, 0.2) is 23.1 Å². The van der Waals surface area contributed by atoms with Crippen LogP contribution in [0.4, 0.5) is 8.78 Å². The van der Waals surface area contributed by atoms with E-state index in [0.717, 1.165) is 37.6 Å². The van der Waals surface area contributed by atoms with Gasteiger partial charge in [-0.25, -0.2) is 21.9 Å². The van der Waals surface area contributed by atoms with Crippen molar-refractivity contribution in [3.8, 4) is 0 Å². The second-order valence-electron chi connectivity index (χ2n) is 5.12. The summed E-state index contributed by atoms with van der Waals surface area (Å²) >= 11 is 0. The van der Waals surface area contributed by atoms with Gasteiger partial charge >= 0.3 is 0 Å². The predicted molar refractivity (Wildman–Crippen MR) is 73.4 cm³/mol. The van der Waals surface area contributed by atoms with Gasteiger partial charge in [0.15, 0.2) is 11.6 Å². The highest BCUT2D eigenvalue weighted by Gasteiger charge is 2.35. The Hall–Kier alpha value is -1.09.